The van der Waals surface area contributed by atoms with Gasteiger partial charge in [0.1, 0.15) is 0 Å². The molecule has 1 aliphatic heterocycles. The Morgan fingerprint density at radius 1 is 1.25 bits per heavy atom. The summed E-state index contributed by atoms with van der Waals surface area (Å²) in [4.78, 5) is 2.67. The van der Waals surface area contributed by atoms with Gasteiger partial charge in [0.05, 0.1) is 0 Å². The van der Waals surface area contributed by atoms with Gasteiger partial charge in [-0.1, -0.05) is 43.7 Å². The third-order valence-corrected chi connectivity index (χ3v) is 4.35. The summed E-state index contributed by atoms with van der Waals surface area (Å²) in [6.07, 6.45) is 2.67. The second kappa shape index (κ2) is 6.73. The number of benzene rings is 1. The molecule has 1 heterocycles. The van der Waals surface area contributed by atoms with Gasteiger partial charge in [0, 0.05) is 24.7 Å². The quantitative estimate of drug-likeness (QED) is 0.877. The lowest BCUT2D eigenvalue weighted by atomic mass is 10.0. The Morgan fingerprint density at radius 2 is 1.95 bits per heavy atom. The molecule has 112 valence electrons. The van der Waals surface area contributed by atoms with Crippen LogP contribution in [0.1, 0.15) is 52.1 Å². The standard InChI is InChI=1S/C18H30N2/c1-5-15-11-12-20(14-15)17(13-19-18(2,3)4)16-9-7-6-8-10-16/h6-10,15,17,19H,5,11-14H2,1-4H3. The Kier molecular flexibility index (Phi) is 5.22. The van der Waals surface area contributed by atoms with E-state index in [2.05, 4.69) is 68.2 Å². The molecule has 1 aliphatic rings. The summed E-state index contributed by atoms with van der Waals surface area (Å²) in [5.41, 5.74) is 1.62. The number of rotatable bonds is 5. The van der Waals surface area contributed by atoms with Gasteiger partial charge in [-0.3, -0.25) is 4.90 Å². The maximum absolute atomic E-state index is 3.69. The molecule has 1 N–H and O–H groups in total. The molecule has 1 saturated heterocycles. The van der Waals surface area contributed by atoms with Crippen LogP contribution in [0, 0.1) is 5.92 Å². The molecule has 20 heavy (non-hydrogen) atoms. The summed E-state index contributed by atoms with van der Waals surface area (Å²) in [6.45, 7) is 12.6. The molecule has 2 heteroatoms. The van der Waals surface area contributed by atoms with Crippen molar-refractivity contribution < 1.29 is 0 Å². The van der Waals surface area contributed by atoms with Gasteiger partial charge in [-0.05, 0) is 45.2 Å². The van der Waals surface area contributed by atoms with E-state index in [0.29, 0.717) is 6.04 Å². The Hall–Kier alpha value is -0.860. The van der Waals surface area contributed by atoms with E-state index < -0.39 is 0 Å². The monoisotopic (exact) mass is 274 g/mol. The molecule has 0 radical (unpaired) electrons. The normalized spacial score (nSPS) is 22.1. The number of nitrogens with zero attached hydrogens (tertiary/aromatic N) is 1. The molecule has 2 atom stereocenters. The van der Waals surface area contributed by atoms with Crippen LogP contribution >= 0.6 is 0 Å². The van der Waals surface area contributed by atoms with Gasteiger partial charge >= 0.3 is 0 Å². The van der Waals surface area contributed by atoms with Crippen LogP contribution in [0.3, 0.4) is 0 Å². The van der Waals surface area contributed by atoms with E-state index in [-0.39, 0.29) is 5.54 Å². The maximum atomic E-state index is 3.69. The van der Waals surface area contributed by atoms with Gasteiger partial charge in [-0.2, -0.15) is 0 Å². The van der Waals surface area contributed by atoms with Crippen LogP contribution in [-0.4, -0.2) is 30.1 Å². The molecule has 2 unspecified atom stereocenters. The molecule has 0 spiro atoms. The SMILES string of the molecule is CCC1CCN(C(CNC(C)(C)C)c2ccccc2)C1. The fourth-order valence-corrected chi connectivity index (χ4v) is 3.01. The molecule has 1 aromatic rings. The molecule has 0 aliphatic carbocycles. The van der Waals surface area contributed by atoms with Gasteiger partial charge < -0.3 is 5.32 Å². The van der Waals surface area contributed by atoms with Crippen molar-refractivity contribution in [3.8, 4) is 0 Å². The Bertz CT molecular complexity index is 394. The Labute approximate surface area is 124 Å². The van der Waals surface area contributed by atoms with Crippen molar-refractivity contribution in [2.75, 3.05) is 19.6 Å². The number of nitrogens with one attached hydrogen (secondary N) is 1. The summed E-state index contributed by atoms with van der Waals surface area (Å²) in [6, 6.07) is 11.5. The molecular weight excluding hydrogens is 244 g/mol. The Morgan fingerprint density at radius 3 is 2.50 bits per heavy atom. The zero-order valence-corrected chi connectivity index (χ0v) is 13.5. The molecule has 0 saturated carbocycles. The molecule has 0 bridgehead atoms. The van der Waals surface area contributed by atoms with Crippen LogP contribution in [0.15, 0.2) is 30.3 Å². The summed E-state index contributed by atoms with van der Waals surface area (Å²) in [7, 11) is 0. The molecule has 0 aromatic heterocycles. The fraction of sp³-hybridized carbons (Fsp3) is 0.667. The van der Waals surface area contributed by atoms with Gasteiger partial charge in [0.15, 0.2) is 0 Å². The van der Waals surface area contributed by atoms with Crippen LogP contribution < -0.4 is 5.32 Å². The molecule has 0 amide bonds. The molecule has 1 aromatic carbocycles. The first-order valence-corrected chi connectivity index (χ1v) is 8.03. The van der Waals surface area contributed by atoms with E-state index in [9.17, 15) is 0 Å². The van der Waals surface area contributed by atoms with Gasteiger partial charge in [-0.25, -0.2) is 0 Å². The van der Waals surface area contributed by atoms with Gasteiger partial charge in [0.2, 0.25) is 0 Å². The van der Waals surface area contributed by atoms with Crippen LogP contribution in [0.5, 0.6) is 0 Å². The minimum Gasteiger partial charge on any atom is -0.310 e. The third kappa shape index (κ3) is 4.32. The lowest BCUT2D eigenvalue weighted by Crippen LogP contribution is -2.42. The minimum atomic E-state index is 0.177. The summed E-state index contributed by atoms with van der Waals surface area (Å²) < 4.78 is 0. The van der Waals surface area contributed by atoms with E-state index in [0.717, 1.165) is 12.5 Å². The predicted octanol–water partition coefficient (Wildman–Crippen LogP) is 3.85. The van der Waals surface area contributed by atoms with Crippen LogP contribution in [0.2, 0.25) is 0 Å². The minimum absolute atomic E-state index is 0.177. The lowest BCUT2D eigenvalue weighted by molar-refractivity contribution is 0.215. The predicted molar refractivity (Wildman–Crippen MR) is 86.9 cm³/mol. The van der Waals surface area contributed by atoms with Crippen molar-refractivity contribution in [1.29, 1.82) is 0 Å². The largest absolute Gasteiger partial charge is 0.310 e. The maximum Gasteiger partial charge on any atom is 0.0472 e. The van der Waals surface area contributed by atoms with E-state index in [1.807, 2.05) is 0 Å². The highest BCUT2D eigenvalue weighted by atomic mass is 15.2. The van der Waals surface area contributed by atoms with Crippen LogP contribution in [-0.2, 0) is 0 Å². The number of likely N-dealkylation sites (tertiary alicyclic amines) is 1. The molecule has 2 nitrogen and oxygen atoms in total. The average Bonchev–Trinajstić information content (AvgIpc) is 2.88. The van der Waals surface area contributed by atoms with Crippen molar-refractivity contribution in [2.45, 2.75) is 52.1 Å². The van der Waals surface area contributed by atoms with E-state index in [1.165, 1.54) is 31.5 Å². The van der Waals surface area contributed by atoms with Crippen LogP contribution in [0.25, 0.3) is 0 Å². The average molecular weight is 274 g/mol. The fourth-order valence-electron chi connectivity index (χ4n) is 3.01. The second-order valence-electron chi connectivity index (χ2n) is 7.12. The second-order valence-corrected chi connectivity index (χ2v) is 7.12. The zero-order chi connectivity index (χ0) is 14.6. The van der Waals surface area contributed by atoms with Gasteiger partial charge in [0.25, 0.3) is 0 Å². The van der Waals surface area contributed by atoms with E-state index in [1.54, 1.807) is 0 Å². The first-order valence-electron chi connectivity index (χ1n) is 8.03. The van der Waals surface area contributed by atoms with Gasteiger partial charge in [-0.15, -0.1) is 0 Å². The van der Waals surface area contributed by atoms with Crippen molar-refractivity contribution in [3.05, 3.63) is 35.9 Å². The van der Waals surface area contributed by atoms with Crippen LogP contribution in [0.4, 0.5) is 0 Å². The van der Waals surface area contributed by atoms with E-state index in [4.69, 9.17) is 0 Å². The van der Waals surface area contributed by atoms with Crippen molar-refractivity contribution in [2.24, 2.45) is 5.92 Å². The highest BCUT2D eigenvalue weighted by molar-refractivity contribution is 5.20. The molecule has 2 rings (SSSR count). The number of hydrogen-bond acceptors (Lipinski definition) is 2. The molecular formula is C18H30N2. The Balaban J connectivity index is 2.08. The summed E-state index contributed by atoms with van der Waals surface area (Å²) in [5.74, 6) is 0.885. The highest BCUT2D eigenvalue weighted by Gasteiger charge is 2.28. The molecule has 1 fully saturated rings. The van der Waals surface area contributed by atoms with Crippen molar-refractivity contribution >= 4 is 0 Å². The summed E-state index contributed by atoms with van der Waals surface area (Å²) >= 11 is 0. The van der Waals surface area contributed by atoms with Crippen molar-refractivity contribution in [1.82, 2.24) is 10.2 Å². The number of hydrogen-bond donors (Lipinski definition) is 1. The smallest absolute Gasteiger partial charge is 0.0472 e. The first-order chi connectivity index (χ1) is 9.49. The zero-order valence-electron chi connectivity index (χ0n) is 13.5. The van der Waals surface area contributed by atoms with Crippen molar-refractivity contribution in [3.63, 3.8) is 0 Å². The topological polar surface area (TPSA) is 15.3 Å². The third-order valence-electron chi connectivity index (χ3n) is 4.35. The summed E-state index contributed by atoms with van der Waals surface area (Å²) in [5, 5.41) is 3.69. The lowest BCUT2D eigenvalue weighted by Gasteiger charge is -2.32. The van der Waals surface area contributed by atoms with E-state index >= 15 is 0 Å². The highest BCUT2D eigenvalue weighted by Crippen LogP contribution is 2.29. The first kappa shape index (κ1) is 15.5.